The summed E-state index contributed by atoms with van der Waals surface area (Å²) in [5.41, 5.74) is 0.671. The highest BCUT2D eigenvalue weighted by atomic mass is 35.5. The Morgan fingerprint density at radius 1 is 1.37 bits per heavy atom. The molecule has 0 spiro atoms. The summed E-state index contributed by atoms with van der Waals surface area (Å²) in [6, 6.07) is 4.81. The van der Waals surface area contributed by atoms with Gasteiger partial charge < -0.3 is 5.11 Å². The first-order valence-electron chi connectivity index (χ1n) is 5.92. The number of aliphatic hydroxyl groups is 1. The van der Waals surface area contributed by atoms with E-state index >= 15 is 0 Å². The second kappa shape index (κ2) is 8.11. The predicted molar refractivity (Wildman–Crippen MR) is 80.4 cm³/mol. The highest BCUT2D eigenvalue weighted by molar-refractivity contribution is 7.99. The van der Waals surface area contributed by atoms with Crippen molar-refractivity contribution in [2.45, 2.75) is 18.2 Å². The van der Waals surface area contributed by atoms with E-state index in [-0.39, 0.29) is 11.5 Å². The SMILES string of the molecule is Cc1ccc(Cl)cc1S(=O)(=O)NCCSCCCO. The summed E-state index contributed by atoms with van der Waals surface area (Å²) >= 11 is 7.43. The molecule has 0 saturated heterocycles. The number of halogens is 1. The third kappa shape index (κ3) is 5.71. The van der Waals surface area contributed by atoms with Crippen LogP contribution in [0.2, 0.25) is 5.02 Å². The Morgan fingerprint density at radius 2 is 2.11 bits per heavy atom. The molecule has 0 atom stereocenters. The maximum atomic E-state index is 12.1. The first kappa shape index (κ1) is 16.8. The van der Waals surface area contributed by atoms with E-state index in [1.54, 1.807) is 30.8 Å². The smallest absolute Gasteiger partial charge is 0.240 e. The van der Waals surface area contributed by atoms with Crippen molar-refractivity contribution in [2.24, 2.45) is 0 Å². The van der Waals surface area contributed by atoms with Gasteiger partial charge in [-0.2, -0.15) is 11.8 Å². The normalized spacial score (nSPS) is 11.7. The van der Waals surface area contributed by atoms with Crippen LogP contribution in [0.5, 0.6) is 0 Å². The van der Waals surface area contributed by atoms with Crippen molar-refractivity contribution in [3.05, 3.63) is 28.8 Å². The molecule has 0 aliphatic carbocycles. The first-order chi connectivity index (χ1) is 8.97. The minimum absolute atomic E-state index is 0.167. The molecule has 108 valence electrons. The number of rotatable bonds is 8. The van der Waals surface area contributed by atoms with Gasteiger partial charge in [0.25, 0.3) is 0 Å². The number of thioether (sulfide) groups is 1. The molecule has 1 aromatic carbocycles. The number of sulfonamides is 1. The van der Waals surface area contributed by atoms with Gasteiger partial charge in [0.15, 0.2) is 0 Å². The predicted octanol–water partition coefficient (Wildman–Crippen LogP) is 2.04. The highest BCUT2D eigenvalue weighted by Crippen LogP contribution is 2.19. The lowest BCUT2D eigenvalue weighted by Crippen LogP contribution is -2.26. The van der Waals surface area contributed by atoms with Crippen molar-refractivity contribution in [3.8, 4) is 0 Å². The van der Waals surface area contributed by atoms with Crippen LogP contribution in [0.4, 0.5) is 0 Å². The van der Waals surface area contributed by atoms with Gasteiger partial charge in [-0.15, -0.1) is 0 Å². The minimum atomic E-state index is -3.50. The van der Waals surface area contributed by atoms with Crippen molar-refractivity contribution in [1.82, 2.24) is 4.72 Å². The van der Waals surface area contributed by atoms with E-state index < -0.39 is 10.0 Å². The van der Waals surface area contributed by atoms with Gasteiger partial charge in [-0.25, -0.2) is 13.1 Å². The number of hydrogen-bond donors (Lipinski definition) is 2. The van der Waals surface area contributed by atoms with E-state index in [0.29, 0.717) is 22.9 Å². The van der Waals surface area contributed by atoms with Crippen LogP contribution in [0.25, 0.3) is 0 Å². The van der Waals surface area contributed by atoms with E-state index in [2.05, 4.69) is 4.72 Å². The topological polar surface area (TPSA) is 66.4 Å². The van der Waals surface area contributed by atoms with E-state index in [0.717, 1.165) is 12.2 Å². The first-order valence-corrected chi connectivity index (χ1v) is 8.93. The summed E-state index contributed by atoms with van der Waals surface area (Å²) < 4.78 is 26.7. The molecule has 2 N–H and O–H groups in total. The second-order valence-electron chi connectivity index (χ2n) is 4.00. The Morgan fingerprint density at radius 3 is 2.79 bits per heavy atom. The lowest BCUT2D eigenvalue weighted by Gasteiger charge is -2.09. The fraction of sp³-hybridized carbons (Fsp3) is 0.500. The van der Waals surface area contributed by atoms with E-state index in [9.17, 15) is 8.42 Å². The fourth-order valence-electron chi connectivity index (χ4n) is 1.46. The monoisotopic (exact) mass is 323 g/mol. The Balaban J connectivity index is 2.54. The zero-order valence-corrected chi connectivity index (χ0v) is 13.1. The molecule has 0 radical (unpaired) electrons. The van der Waals surface area contributed by atoms with Gasteiger partial charge in [0, 0.05) is 23.9 Å². The van der Waals surface area contributed by atoms with Crippen molar-refractivity contribution in [2.75, 3.05) is 24.7 Å². The van der Waals surface area contributed by atoms with Crippen LogP contribution in [0.15, 0.2) is 23.1 Å². The van der Waals surface area contributed by atoms with Crippen LogP contribution in [0.3, 0.4) is 0 Å². The molecule has 0 aliphatic rings. The molecular weight excluding hydrogens is 306 g/mol. The van der Waals surface area contributed by atoms with Gasteiger partial charge in [0.05, 0.1) is 4.90 Å². The number of nitrogens with one attached hydrogen (secondary N) is 1. The van der Waals surface area contributed by atoms with Crippen molar-refractivity contribution in [3.63, 3.8) is 0 Å². The Bertz CT molecular complexity index is 506. The van der Waals surface area contributed by atoms with Crippen LogP contribution < -0.4 is 4.72 Å². The molecule has 0 bridgehead atoms. The summed E-state index contributed by atoms with van der Waals surface area (Å²) in [5, 5.41) is 9.03. The molecule has 0 aliphatic heterocycles. The molecule has 0 aromatic heterocycles. The van der Waals surface area contributed by atoms with E-state index in [1.165, 1.54) is 6.07 Å². The molecule has 0 unspecified atom stereocenters. The zero-order valence-electron chi connectivity index (χ0n) is 10.7. The Hall–Kier alpha value is -0.270. The van der Waals surface area contributed by atoms with Crippen LogP contribution in [0, 0.1) is 6.92 Å². The zero-order chi connectivity index (χ0) is 14.3. The van der Waals surface area contributed by atoms with E-state index in [4.69, 9.17) is 16.7 Å². The standard InChI is InChI=1S/C12H18ClNO3S2/c1-10-3-4-11(13)9-12(10)19(16,17)14-5-8-18-7-2-6-15/h3-4,9,14-15H,2,5-8H2,1H3. The van der Waals surface area contributed by atoms with Gasteiger partial charge in [-0.3, -0.25) is 0 Å². The maximum Gasteiger partial charge on any atom is 0.240 e. The van der Waals surface area contributed by atoms with Crippen LogP contribution in [-0.4, -0.2) is 38.2 Å². The number of aryl methyl sites for hydroxylation is 1. The number of hydrogen-bond acceptors (Lipinski definition) is 4. The molecule has 1 aromatic rings. The molecule has 0 amide bonds. The summed E-state index contributed by atoms with van der Waals surface area (Å²) in [5.74, 6) is 1.51. The van der Waals surface area contributed by atoms with Crippen LogP contribution in [0.1, 0.15) is 12.0 Å². The van der Waals surface area contributed by atoms with E-state index in [1.807, 2.05) is 0 Å². The molecule has 0 fully saturated rings. The van der Waals surface area contributed by atoms with Gasteiger partial charge >= 0.3 is 0 Å². The average Bonchev–Trinajstić information content (AvgIpc) is 2.36. The largest absolute Gasteiger partial charge is 0.396 e. The van der Waals surface area contributed by atoms with Gasteiger partial charge in [-0.05, 0) is 36.8 Å². The lowest BCUT2D eigenvalue weighted by atomic mass is 10.2. The minimum Gasteiger partial charge on any atom is -0.396 e. The quantitative estimate of drug-likeness (QED) is 0.719. The summed E-state index contributed by atoms with van der Waals surface area (Å²) in [6.45, 7) is 2.27. The fourth-order valence-corrected chi connectivity index (χ4v) is 3.91. The summed E-state index contributed by atoms with van der Waals surface area (Å²) in [7, 11) is -3.50. The molecule has 7 heteroatoms. The second-order valence-corrected chi connectivity index (χ2v) is 7.39. The summed E-state index contributed by atoms with van der Waals surface area (Å²) in [6.07, 6.45) is 0.727. The maximum absolute atomic E-state index is 12.1. The Kier molecular flexibility index (Phi) is 7.17. The van der Waals surface area contributed by atoms with Crippen LogP contribution >= 0.6 is 23.4 Å². The lowest BCUT2D eigenvalue weighted by molar-refractivity contribution is 0.296. The molecular formula is C12H18ClNO3S2. The van der Waals surface area contributed by atoms with Gasteiger partial charge in [0.2, 0.25) is 10.0 Å². The molecule has 1 rings (SSSR count). The average molecular weight is 324 g/mol. The Labute approximate surface area is 123 Å². The van der Waals surface area contributed by atoms with Crippen molar-refractivity contribution < 1.29 is 13.5 Å². The third-order valence-electron chi connectivity index (χ3n) is 2.42. The molecule has 0 heterocycles. The third-order valence-corrected chi connectivity index (χ3v) is 5.33. The van der Waals surface area contributed by atoms with Gasteiger partial charge in [-0.1, -0.05) is 17.7 Å². The summed E-state index contributed by atoms with van der Waals surface area (Å²) in [4.78, 5) is 0.223. The number of aliphatic hydroxyl groups excluding tert-OH is 1. The molecule has 19 heavy (non-hydrogen) atoms. The molecule has 0 saturated carbocycles. The highest BCUT2D eigenvalue weighted by Gasteiger charge is 2.16. The van der Waals surface area contributed by atoms with Crippen molar-refractivity contribution in [1.29, 1.82) is 0 Å². The van der Waals surface area contributed by atoms with Gasteiger partial charge in [0.1, 0.15) is 0 Å². The number of benzene rings is 1. The molecule has 4 nitrogen and oxygen atoms in total. The van der Waals surface area contributed by atoms with Crippen molar-refractivity contribution >= 4 is 33.4 Å². The van der Waals surface area contributed by atoms with Crippen LogP contribution in [-0.2, 0) is 10.0 Å².